The predicted octanol–water partition coefficient (Wildman–Crippen LogP) is 3.95. The number of anilines is 1. The second kappa shape index (κ2) is 8.30. The topological polar surface area (TPSA) is 80.1 Å². The van der Waals surface area contributed by atoms with Gasteiger partial charge >= 0.3 is 0 Å². The molecule has 30 heavy (non-hydrogen) atoms. The molecule has 4 aromatic rings. The molecule has 0 aliphatic heterocycles. The van der Waals surface area contributed by atoms with E-state index in [1.165, 1.54) is 16.2 Å². The first-order valence-electron chi connectivity index (χ1n) is 9.23. The lowest BCUT2D eigenvalue weighted by Crippen LogP contribution is -2.24. The molecule has 2 amide bonds. The summed E-state index contributed by atoms with van der Waals surface area (Å²) in [5.74, 6) is -0.0807. The van der Waals surface area contributed by atoms with Crippen molar-refractivity contribution in [1.82, 2.24) is 19.7 Å². The summed E-state index contributed by atoms with van der Waals surface area (Å²) in [4.78, 5) is 32.2. The van der Waals surface area contributed by atoms with E-state index in [0.717, 1.165) is 10.6 Å². The third-order valence-corrected chi connectivity index (χ3v) is 5.23. The van der Waals surface area contributed by atoms with Crippen molar-refractivity contribution in [1.29, 1.82) is 0 Å². The minimum absolute atomic E-state index is 0.0226. The first-order valence-corrected chi connectivity index (χ1v) is 10.1. The molecule has 2 aromatic heterocycles. The number of thiophene rings is 1. The van der Waals surface area contributed by atoms with Crippen LogP contribution in [0.1, 0.15) is 21.0 Å². The molecule has 0 bridgehead atoms. The van der Waals surface area contributed by atoms with Gasteiger partial charge in [0.15, 0.2) is 5.82 Å². The first kappa shape index (κ1) is 19.5. The normalized spacial score (nSPS) is 10.6. The maximum Gasteiger partial charge on any atom is 0.295 e. The average molecular weight is 417 g/mol. The van der Waals surface area contributed by atoms with E-state index in [1.54, 1.807) is 43.0 Å². The predicted molar refractivity (Wildman–Crippen MR) is 117 cm³/mol. The van der Waals surface area contributed by atoms with Gasteiger partial charge in [-0.25, -0.2) is 9.67 Å². The summed E-state index contributed by atoms with van der Waals surface area (Å²) >= 11 is 1.52. The minimum atomic E-state index is -0.485. The van der Waals surface area contributed by atoms with Gasteiger partial charge < -0.3 is 10.2 Å². The number of carbonyl (C=O) groups excluding carboxylic acids is 2. The summed E-state index contributed by atoms with van der Waals surface area (Å²) in [6, 6.07) is 20.2. The molecule has 4 rings (SSSR count). The van der Waals surface area contributed by atoms with E-state index in [9.17, 15) is 9.59 Å². The Hall–Kier alpha value is -3.78. The van der Waals surface area contributed by atoms with Gasteiger partial charge in [0.25, 0.3) is 11.8 Å². The van der Waals surface area contributed by atoms with Crippen molar-refractivity contribution >= 4 is 28.8 Å². The smallest absolute Gasteiger partial charge is 0.295 e. The van der Waals surface area contributed by atoms with Crippen molar-refractivity contribution < 1.29 is 9.59 Å². The van der Waals surface area contributed by atoms with Gasteiger partial charge in [-0.3, -0.25) is 9.59 Å². The van der Waals surface area contributed by atoms with Crippen LogP contribution in [0.4, 0.5) is 5.69 Å². The Bertz CT molecular complexity index is 1180. The van der Waals surface area contributed by atoms with Crippen LogP contribution in [0.2, 0.25) is 0 Å². The summed E-state index contributed by atoms with van der Waals surface area (Å²) in [6.07, 6.45) is 0. The average Bonchev–Trinajstić information content (AvgIpc) is 3.44. The monoisotopic (exact) mass is 417 g/mol. The molecule has 0 radical (unpaired) electrons. The van der Waals surface area contributed by atoms with Crippen molar-refractivity contribution in [2.24, 2.45) is 0 Å². The lowest BCUT2D eigenvalue weighted by Gasteiger charge is -2.14. The Morgan fingerprint density at radius 3 is 2.40 bits per heavy atom. The number of hydrogen-bond donors (Lipinski definition) is 1. The third kappa shape index (κ3) is 3.85. The number of aromatic nitrogens is 3. The Labute approximate surface area is 177 Å². The van der Waals surface area contributed by atoms with Crippen LogP contribution in [0.25, 0.3) is 16.4 Å². The standard InChI is InChI=1S/C22H19N5O2S/c1-26(2)22(29)16-11-6-7-12-17(16)23-21(28)19-24-20(18-13-8-14-30-18)27(25-19)15-9-4-3-5-10-15/h3-14H,1-2H3,(H,23,28). The Kier molecular flexibility index (Phi) is 5.40. The maximum atomic E-state index is 13.0. The zero-order valence-corrected chi connectivity index (χ0v) is 17.3. The summed E-state index contributed by atoms with van der Waals surface area (Å²) in [7, 11) is 3.33. The van der Waals surface area contributed by atoms with E-state index in [4.69, 9.17) is 0 Å². The van der Waals surface area contributed by atoms with Crippen molar-refractivity contribution in [2.45, 2.75) is 0 Å². The molecule has 0 aliphatic rings. The molecule has 0 atom stereocenters. The SMILES string of the molecule is CN(C)C(=O)c1ccccc1NC(=O)c1nc(-c2cccs2)n(-c2ccccc2)n1. The molecular formula is C22H19N5O2S. The second-order valence-electron chi connectivity index (χ2n) is 6.68. The lowest BCUT2D eigenvalue weighted by atomic mass is 10.1. The van der Waals surface area contributed by atoms with Gasteiger partial charge in [0.1, 0.15) is 0 Å². The van der Waals surface area contributed by atoms with E-state index >= 15 is 0 Å². The van der Waals surface area contributed by atoms with Crippen LogP contribution < -0.4 is 5.32 Å². The highest BCUT2D eigenvalue weighted by atomic mass is 32.1. The molecule has 0 spiro atoms. The van der Waals surface area contributed by atoms with Crippen LogP contribution >= 0.6 is 11.3 Å². The zero-order valence-electron chi connectivity index (χ0n) is 16.4. The molecule has 2 aromatic carbocycles. The number of rotatable bonds is 5. The molecule has 7 nitrogen and oxygen atoms in total. The van der Waals surface area contributed by atoms with Crippen molar-refractivity contribution in [2.75, 3.05) is 19.4 Å². The largest absolute Gasteiger partial charge is 0.345 e. The molecule has 0 unspecified atom stereocenters. The lowest BCUT2D eigenvalue weighted by molar-refractivity contribution is 0.0828. The highest BCUT2D eigenvalue weighted by Crippen LogP contribution is 2.26. The molecular weight excluding hydrogens is 398 g/mol. The number of carbonyl (C=O) groups is 2. The van der Waals surface area contributed by atoms with Crippen molar-refractivity contribution in [3.8, 4) is 16.4 Å². The number of amides is 2. The van der Waals surface area contributed by atoms with Crippen LogP contribution in [-0.4, -0.2) is 45.6 Å². The van der Waals surface area contributed by atoms with Crippen LogP contribution in [0.5, 0.6) is 0 Å². The quantitative estimate of drug-likeness (QED) is 0.533. The number of hydrogen-bond acceptors (Lipinski definition) is 5. The van der Waals surface area contributed by atoms with Gasteiger partial charge in [-0.1, -0.05) is 36.4 Å². The van der Waals surface area contributed by atoms with Gasteiger partial charge in [-0.05, 0) is 35.7 Å². The van der Waals surface area contributed by atoms with Crippen LogP contribution in [0, 0.1) is 0 Å². The fourth-order valence-electron chi connectivity index (χ4n) is 2.92. The van der Waals surface area contributed by atoms with Crippen molar-refractivity contribution in [3.63, 3.8) is 0 Å². The zero-order chi connectivity index (χ0) is 21.1. The van der Waals surface area contributed by atoms with Gasteiger partial charge in [-0.15, -0.1) is 16.4 Å². The molecule has 0 saturated heterocycles. The van der Waals surface area contributed by atoms with Gasteiger partial charge in [0, 0.05) is 14.1 Å². The first-order chi connectivity index (χ1) is 14.5. The Morgan fingerprint density at radius 2 is 1.70 bits per heavy atom. The molecule has 0 fully saturated rings. The Balaban J connectivity index is 1.71. The van der Waals surface area contributed by atoms with E-state index in [2.05, 4.69) is 15.4 Å². The van der Waals surface area contributed by atoms with E-state index < -0.39 is 5.91 Å². The van der Waals surface area contributed by atoms with E-state index in [-0.39, 0.29) is 11.7 Å². The molecule has 150 valence electrons. The summed E-state index contributed by atoms with van der Waals surface area (Å²) < 4.78 is 1.65. The maximum absolute atomic E-state index is 13.0. The van der Waals surface area contributed by atoms with Crippen LogP contribution in [0.3, 0.4) is 0 Å². The summed E-state index contributed by atoms with van der Waals surface area (Å²) in [5, 5.41) is 9.17. The van der Waals surface area contributed by atoms with E-state index in [1.807, 2.05) is 47.8 Å². The van der Waals surface area contributed by atoms with Gasteiger partial charge in [0.2, 0.25) is 5.82 Å². The molecule has 1 N–H and O–H groups in total. The number of nitrogens with one attached hydrogen (secondary N) is 1. The number of benzene rings is 2. The van der Waals surface area contributed by atoms with Crippen molar-refractivity contribution in [3.05, 3.63) is 83.5 Å². The summed E-state index contributed by atoms with van der Waals surface area (Å²) in [6.45, 7) is 0. The highest BCUT2D eigenvalue weighted by Gasteiger charge is 2.21. The second-order valence-corrected chi connectivity index (χ2v) is 7.63. The molecule has 2 heterocycles. The van der Waals surface area contributed by atoms with Gasteiger partial charge in [0.05, 0.1) is 21.8 Å². The fourth-order valence-corrected chi connectivity index (χ4v) is 3.62. The summed E-state index contributed by atoms with van der Waals surface area (Å²) in [5.41, 5.74) is 1.61. The molecule has 8 heteroatoms. The van der Waals surface area contributed by atoms with Gasteiger partial charge in [-0.2, -0.15) is 0 Å². The fraction of sp³-hybridized carbons (Fsp3) is 0.0909. The van der Waals surface area contributed by atoms with E-state index in [0.29, 0.717) is 17.1 Å². The number of para-hydroxylation sites is 2. The third-order valence-electron chi connectivity index (χ3n) is 4.36. The molecule has 0 aliphatic carbocycles. The molecule has 0 saturated carbocycles. The van der Waals surface area contributed by atoms with Crippen LogP contribution in [-0.2, 0) is 0 Å². The van der Waals surface area contributed by atoms with Crippen LogP contribution in [0.15, 0.2) is 72.1 Å². The number of nitrogens with zero attached hydrogens (tertiary/aromatic N) is 4. The Morgan fingerprint density at radius 1 is 0.967 bits per heavy atom. The minimum Gasteiger partial charge on any atom is -0.345 e. The highest BCUT2D eigenvalue weighted by molar-refractivity contribution is 7.13.